The van der Waals surface area contributed by atoms with Crippen molar-refractivity contribution in [2.45, 2.75) is 0 Å². The molecule has 3 nitrogen and oxygen atoms in total. The van der Waals surface area contributed by atoms with Crippen molar-refractivity contribution >= 4 is 6.29 Å². The first-order valence-electron chi connectivity index (χ1n) is 5.78. The van der Waals surface area contributed by atoms with Gasteiger partial charge in [0.1, 0.15) is 0 Å². The highest BCUT2D eigenvalue weighted by atomic mass is 19.2. The van der Waals surface area contributed by atoms with Crippen LogP contribution >= 0.6 is 0 Å². The van der Waals surface area contributed by atoms with Gasteiger partial charge in [0.15, 0.2) is 29.4 Å². The van der Waals surface area contributed by atoms with Crippen molar-refractivity contribution in [2.24, 2.45) is 0 Å². The number of benzene rings is 2. The Balaban J connectivity index is 2.72. The van der Waals surface area contributed by atoms with Crippen LogP contribution in [0.3, 0.4) is 0 Å². The molecule has 0 spiro atoms. The lowest BCUT2D eigenvalue weighted by molar-refractivity contribution is 0.112. The number of rotatable bonds is 4. The van der Waals surface area contributed by atoms with E-state index in [9.17, 15) is 13.6 Å². The van der Waals surface area contributed by atoms with Gasteiger partial charge in [0.25, 0.3) is 0 Å². The average Bonchev–Trinajstić information content (AvgIpc) is 2.48. The fourth-order valence-electron chi connectivity index (χ4n) is 1.94. The SMILES string of the molecule is COc1cc(C=O)c(-c2cccc(F)c2F)cc1OC. The molecule has 0 aliphatic carbocycles. The molecule has 0 radical (unpaired) electrons. The molecule has 2 rings (SSSR count). The summed E-state index contributed by atoms with van der Waals surface area (Å²) >= 11 is 0. The number of methoxy groups -OCH3 is 2. The zero-order valence-corrected chi connectivity index (χ0v) is 10.9. The Morgan fingerprint density at radius 2 is 1.65 bits per heavy atom. The van der Waals surface area contributed by atoms with Gasteiger partial charge in [0.2, 0.25) is 0 Å². The van der Waals surface area contributed by atoms with E-state index in [0.29, 0.717) is 17.8 Å². The summed E-state index contributed by atoms with van der Waals surface area (Å²) in [5.41, 5.74) is 0.426. The predicted octanol–water partition coefficient (Wildman–Crippen LogP) is 3.46. The first-order chi connectivity index (χ1) is 9.62. The second kappa shape index (κ2) is 5.69. The fourth-order valence-corrected chi connectivity index (χ4v) is 1.94. The smallest absolute Gasteiger partial charge is 0.166 e. The molecule has 0 aliphatic rings. The Labute approximate surface area is 114 Å². The second-order valence-corrected chi connectivity index (χ2v) is 4.01. The molecule has 0 amide bonds. The molecule has 0 saturated heterocycles. The molecule has 0 N–H and O–H groups in total. The molecule has 2 aromatic rings. The normalized spacial score (nSPS) is 10.2. The van der Waals surface area contributed by atoms with E-state index in [1.54, 1.807) is 0 Å². The van der Waals surface area contributed by atoms with E-state index in [1.807, 2.05) is 0 Å². The summed E-state index contributed by atoms with van der Waals surface area (Å²) in [5, 5.41) is 0. The zero-order chi connectivity index (χ0) is 14.7. The largest absolute Gasteiger partial charge is 0.493 e. The molecule has 0 saturated carbocycles. The van der Waals surface area contributed by atoms with Crippen LogP contribution in [-0.4, -0.2) is 20.5 Å². The minimum atomic E-state index is -1.01. The van der Waals surface area contributed by atoms with Crippen LogP contribution < -0.4 is 9.47 Å². The van der Waals surface area contributed by atoms with Crippen LogP contribution in [0, 0.1) is 11.6 Å². The fraction of sp³-hybridized carbons (Fsp3) is 0.133. The summed E-state index contributed by atoms with van der Waals surface area (Å²) in [6.45, 7) is 0. The van der Waals surface area contributed by atoms with Crippen molar-refractivity contribution in [2.75, 3.05) is 14.2 Å². The standard InChI is InChI=1S/C15H12F2O3/c1-19-13-6-9(8-18)11(7-14(13)20-2)10-4-3-5-12(16)15(10)17/h3-8H,1-2H3. The van der Waals surface area contributed by atoms with E-state index >= 15 is 0 Å². The second-order valence-electron chi connectivity index (χ2n) is 4.01. The maximum atomic E-state index is 13.9. The van der Waals surface area contributed by atoms with Crippen LogP contribution in [0.5, 0.6) is 11.5 Å². The minimum Gasteiger partial charge on any atom is -0.493 e. The number of hydrogen-bond donors (Lipinski definition) is 0. The first kappa shape index (κ1) is 14.0. The van der Waals surface area contributed by atoms with E-state index in [0.717, 1.165) is 6.07 Å². The predicted molar refractivity (Wildman–Crippen MR) is 70.3 cm³/mol. The highest BCUT2D eigenvalue weighted by Gasteiger charge is 2.16. The van der Waals surface area contributed by atoms with Gasteiger partial charge in [0, 0.05) is 11.1 Å². The third kappa shape index (κ3) is 2.34. The lowest BCUT2D eigenvalue weighted by Crippen LogP contribution is -1.97. The minimum absolute atomic E-state index is 0.00643. The number of ether oxygens (including phenoxy) is 2. The van der Waals surface area contributed by atoms with Crippen LogP contribution in [0.15, 0.2) is 30.3 Å². The Kier molecular flexibility index (Phi) is 3.98. The topological polar surface area (TPSA) is 35.5 Å². The Bertz CT molecular complexity index is 654. The van der Waals surface area contributed by atoms with E-state index in [4.69, 9.17) is 9.47 Å². The molecule has 0 aromatic heterocycles. The van der Waals surface area contributed by atoms with Crippen molar-refractivity contribution in [3.8, 4) is 22.6 Å². The van der Waals surface area contributed by atoms with Gasteiger partial charge in [-0.05, 0) is 23.8 Å². The quantitative estimate of drug-likeness (QED) is 0.803. The molecule has 2 aromatic carbocycles. The molecule has 0 fully saturated rings. The number of aldehydes is 1. The van der Waals surface area contributed by atoms with Crippen molar-refractivity contribution < 1.29 is 23.0 Å². The van der Waals surface area contributed by atoms with Crippen LogP contribution in [-0.2, 0) is 0 Å². The maximum Gasteiger partial charge on any atom is 0.166 e. The highest BCUT2D eigenvalue weighted by Crippen LogP contribution is 2.36. The zero-order valence-electron chi connectivity index (χ0n) is 10.9. The van der Waals surface area contributed by atoms with Crippen LogP contribution in [0.1, 0.15) is 10.4 Å². The molecule has 0 bridgehead atoms. The van der Waals surface area contributed by atoms with Crippen molar-refractivity contribution in [1.82, 2.24) is 0 Å². The van der Waals surface area contributed by atoms with Gasteiger partial charge in [0.05, 0.1) is 14.2 Å². The molecule has 0 heterocycles. The molecule has 104 valence electrons. The molecule has 0 aliphatic heterocycles. The first-order valence-corrected chi connectivity index (χ1v) is 5.78. The average molecular weight is 278 g/mol. The summed E-state index contributed by atoms with van der Waals surface area (Å²) in [4.78, 5) is 11.2. The van der Waals surface area contributed by atoms with Crippen LogP contribution in [0.25, 0.3) is 11.1 Å². The van der Waals surface area contributed by atoms with E-state index in [1.165, 1.54) is 38.5 Å². The van der Waals surface area contributed by atoms with Crippen molar-refractivity contribution in [3.63, 3.8) is 0 Å². The van der Waals surface area contributed by atoms with Crippen LogP contribution in [0.2, 0.25) is 0 Å². The van der Waals surface area contributed by atoms with E-state index in [2.05, 4.69) is 0 Å². The summed E-state index contributed by atoms with van der Waals surface area (Å²) < 4.78 is 37.4. The summed E-state index contributed by atoms with van der Waals surface area (Å²) in [7, 11) is 2.85. The van der Waals surface area contributed by atoms with Crippen molar-refractivity contribution in [1.29, 1.82) is 0 Å². The molecule has 0 unspecified atom stereocenters. The van der Waals surface area contributed by atoms with Gasteiger partial charge in [-0.3, -0.25) is 4.79 Å². The summed E-state index contributed by atoms with van der Waals surface area (Å²) in [5.74, 6) is -1.32. The molecule has 20 heavy (non-hydrogen) atoms. The summed E-state index contributed by atoms with van der Waals surface area (Å²) in [6.07, 6.45) is 0.557. The molecule has 5 heteroatoms. The summed E-state index contributed by atoms with van der Waals surface area (Å²) in [6, 6.07) is 6.65. The Morgan fingerprint density at radius 1 is 1.00 bits per heavy atom. The van der Waals surface area contributed by atoms with Crippen LogP contribution in [0.4, 0.5) is 8.78 Å². The number of halogens is 2. The number of carbonyl (C=O) groups excluding carboxylic acids is 1. The van der Waals surface area contributed by atoms with Gasteiger partial charge in [-0.2, -0.15) is 0 Å². The van der Waals surface area contributed by atoms with Gasteiger partial charge < -0.3 is 9.47 Å². The Hall–Kier alpha value is -2.43. The van der Waals surface area contributed by atoms with Crippen molar-refractivity contribution in [3.05, 3.63) is 47.5 Å². The van der Waals surface area contributed by atoms with Gasteiger partial charge in [-0.15, -0.1) is 0 Å². The molecular weight excluding hydrogens is 266 g/mol. The van der Waals surface area contributed by atoms with Gasteiger partial charge in [-0.1, -0.05) is 12.1 Å². The number of carbonyl (C=O) groups is 1. The number of hydrogen-bond acceptors (Lipinski definition) is 3. The lowest BCUT2D eigenvalue weighted by Gasteiger charge is -2.13. The Morgan fingerprint density at radius 3 is 2.25 bits per heavy atom. The van der Waals surface area contributed by atoms with Gasteiger partial charge >= 0.3 is 0 Å². The monoisotopic (exact) mass is 278 g/mol. The van der Waals surface area contributed by atoms with Gasteiger partial charge in [-0.25, -0.2) is 8.78 Å². The molecule has 0 atom stereocenters. The molecular formula is C15H12F2O3. The third-order valence-electron chi connectivity index (χ3n) is 2.92. The van der Waals surface area contributed by atoms with E-state index in [-0.39, 0.29) is 16.7 Å². The highest BCUT2D eigenvalue weighted by molar-refractivity contribution is 5.89. The maximum absolute atomic E-state index is 13.9. The van der Waals surface area contributed by atoms with E-state index < -0.39 is 11.6 Å². The lowest BCUT2D eigenvalue weighted by atomic mass is 9.99. The third-order valence-corrected chi connectivity index (χ3v) is 2.92.